The highest BCUT2D eigenvalue weighted by atomic mass is 35.5. The molecule has 1 aromatic rings. The standard InChI is InChI=1S/C7H5Cl2NO3/c8-4-13-7-3-5(10(11)12)1-2-6(7)9/h1-3H,4H2. The third-order valence-electron chi connectivity index (χ3n) is 1.34. The fourth-order valence-corrected chi connectivity index (χ4v) is 1.06. The third-order valence-corrected chi connectivity index (χ3v) is 1.76. The molecule has 0 bridgehead atoms. The van der Waals surface area contributed by atoms with Gasteiger partial charge < -0.3 is 4.74 Å². The lowest BCUT2D eigenvalue weighted by atomic mass is 10.3. The first-order valence-electron chi connectivity index (χ1n) is 3.28. The Morgan fingerprint density at radius 2 is 2.23 bits per heavy atom. The summed E-state index contributed by atoms with van der Waals surface area (Å²) < 4.78 is 4.86. The zero-order valence-electron chi connectivity index (χ0n) is 6.37. The molecule has 0 atom stereocenters. The van der Waals surface area contributed by atoms with Crippen LogP contribution in [0.3, 0.4) is 0 Å². The van der Waals surface area contributed by atoms with Crippen LogP contribution in [0.5, 0.6) is 5.75 Å². The number of nitrogens with zero attached hydrogens (tertiary/aromatic N) is 1. The molecule has 0 unspecified atom stereocenters. The van der Waals surface area contributed by atoms with E-state index in [-0.39, 0.29) is 17.5 Å². The van der Waals surface area contributed by atoms with E-state index >= 15 is 0 Å². The van der Waals surface area contributed by atoms with Crippen LogP contribution in [-0.2, 0) is 0 Å². The smallest absolute Gasteiger partial charge is 0.273 e. The number of nitro groups is 1. The van der Waals surface area contributed by atoms with Crippen molar-refractivity contribution in [2.75, 3.05) is 6.07 Å². The van der Waals surface area contributed by atoms with Gasteiger partial charge in [-0.15, -0.1) is 0 Å². The summed E-state index contributed by atoms with van der Waals surface area (Å²) in [6.45, 7) is 0. The molecule has 0 aliphatic carbocycles. The summed E-state index contributed by atoms with van der Waals surface area (Å²) in [7, 11) is 0. The van der Waals surface area contributed by atoms with Crippen LogP contribution < -0.4 is 4.74 Å². The van der Waals surface area contributed by atoms with Crippen molar-refractivity contribution in [1.29, 1.82) is 0 Å². The average Bonchev–Trinajstić information content (AvgIpc) is 2.08. The van der Waals surface area contributed by atoms with Crippen molar-refractivity contribution in [3.05, 3.63) is 33.3 Å². The fraction of sp³-hybridized carbons (Fsp3) is 0.143. The molecule has 4 nitrogen and oxygen atoms in total. The summed E-state index contributed by atoms with van der Waals surface area (Å²) in [5.74, 6) is 0.214. The molecule has 0 aliphatic heterocycles. The molecule has 0 N–H and O–H groups in total. The van der Waals surface area contributed by atoms with Gasteiger partial charge in [0.2, 0.25) is 0 Å². The Bertz CT molecular complexity index is 330. The SMILES string of the molecule is O=[N+]([O-])c1ccc(Cl)c(OCCl)c1. The van der Waals surface area contributed by atoms with Crippen LogP contribution >= 0.6 is 23.2 Å². The molecule has 0 fully saturated rings. The number of non-ortho nitro benzene ring substituents is 1. The number of nitro benzene ring substituents is 1. The van der Waals surface area contributed by atoms with Gasteiger partial charge in [0.15, 0.2) is 6.07 Å². The number of alkyl halides is 1. The van der Waals surface area contributed by atoms with Gasteiger partial charge in [0.1, 0.15) is 5.75 Å². The van der Waals surface area contributed by atoms with Crippen LogP contribution in [0.4, 0.5) is 5.69 Å². The normalized spacial score (nSPS) is 9.69. The van der Waals surface area contributed by atoms with Gasteiger partial charge in [0, 0.05) is 6.07 Å². The summed E-state index contributed by atoms with van der Waals surface area (Å²) in [4.78, 5) is 9.81. The van der Waals surface area contributed by atoms with Gasteiger partial charge in [0.25, 0.3) is 5.69 Å². The zero-order valence-corrected chi connectivity index (χ0v) is 7.88. The molecule has 0 aliphatic rings. The minimum atomic E-state index is -0.530. The van der Waals surface area contributed by atoms with Crippen molar-refractivity contribution >= 4 is 28.9 Å². The minimum absolute atomic E-state index is 0.0792. The van der Waals surface area contributed by atoms with Crippen LogP contribution in [0.25, 0.3) is 0 Å². The Morgan fingerprint density at radius 3 is 2.77 bits per heavy atom. The molecule has 0 saturated carbocycles. The maximum absolute atomic E-state index is 10.3. The van der Waals surface area contributed by atoms with Crippen molar-refractivity contribution in [3.63, 3.8) is 0 Å². The molecule has 0 spiro atoms. The van der Waals surface area contributed by atoms with Gasteiger partial charge in [-0.25, -0.2) is 0 Å². The molecule has 6 heteroatoms. The average molecular weight is 222 g/mol. The van der Waals surface area contributed by atoms with E-state index in [4.69, 9.17) is 27.9 Å². The van der Waals surface area contributed by atoms with Gasteiger partial charge in [-0.05, 0) is 6.07 Å². The van der Waals surface area contributed by atoms with E-state index in [0.717, 1.165) is 0 Å². The van der Waals surface area contributed by atoms with E-state index in [1.165, 1.54) is 18.2 Å². The summed E-state index contributed by atoms with van der Waals surface area (Å²) >= 11 is 11.0. The Kier molecular flexibility index (Phi) is 3.33. The molecule has 70 valence electrons. The second-order valence-electron chi connectivity index (χ2n) is 2.13. The molecule has 0 heterocycles. The maximum atomic E-state index is 10.3. The van der Waals surface area contributed by atoms with Crippen molar-refractivity contribution in [2.24, 2.45) is 0 Å². The molecule has 0 radical (unpaired) electrons. The van der Waals surface area contributed by atoms with Gasteiger partial charge in [-0.1, -0.05) is 23.2 Å². The Morgan fingerprint density at radius 1 is 1.54 bits per heavy atom. The van der Waals surface area contributed by atoms with Crippen LogP contribution in [0, 0.1) is 10.1 Å². The highest BCUT2D eigenvalue weighted by Crippen LogP contribution is 2.28. The van der Waals surface area contributed by atoms with Crippen LogP contribution in [-0.4, -0.2) is 11.0 Å². The van der Waals surface area contributed by atoms with Gasteiger partial charge in [0.05, 0.1) is 16.0 Å². The number of halogens is 2. The van der Waals surface area contributed by atoms with E-state index in [1.54, 1.807) is 0 Å². The van der Waals surface area contributed by atoms with Crippen LogP contribution in [0.2, 0.25) is 5.02 Å². The second-order valence-corrected chi connectivity index (χ2v) is 2.75. The molecule has 13 heavy (non-hydrogen) atoms. The van der Waals surface area contributed by atoms with Crippen molar-refractivity contribution in [1.82, 2.24) is 0 Å². The summed E-state index contributed by atoms with van der Waals surface area (Å²) in [6, 6.07) is 3.82. The van der Waals surface area contributed by atoms with Crippen molar-refractivity contribution in [3.8, 4) is 5.75 Å². The van der Waals surface area contributed by atoms with E-state index in [9.17, 15) is 10.1 Å². The van der Waals surface area contributed by atoms with Crippen molar-refractivity contribution in [2.45, 2.75) is 0 Å². The zero-order chi connectivity index (χ0) is 9.84. The number of benzene rings is 1. The molecule has 1 rings (SSSR count). The first kappa shape index (κ1) is 10.1. The first-order chi connectivity index (χ1) is 6.15. The molecule has 1 aromatic carbocycles. The lowest BCUT2D eigenvalue weighted by molar-refractivity contribution is -0.384. The molecular formula is C7H5Cl2NO3. The minimum Gasteiger partial charge on any atom is -0.476 e. The Balaban J connectivity index is 3.03. The predicted molar refractivity (Wildman–Crippen MR) is 49.5 cm³/mol. The quantitative estimate of drug-likeness (QED) is 0.448. The number of hydrogen-bond donors (Lipinski definition) is 0. The monoisotopic (exact) mass is 221 g/mol. The van der Waals surface area contributed by atoms with E-state index in [1.807, 2.05) is 0 Å². The van der Waals surface area contributed by atoms with Gasteiger partial charge in [-0.3, -0.25) is 10.1 Å². The van der Waals surface area contributed by atoms with Crippen LogP contribution in [0.15, 0.2) is 18.2 Å². The number of rotatable bonds is 3. The van der Waals surface area contributed by atoms with Gasteiger partial charge in [-0.2, -0.15) is 0 Å². The van der Waals surface area contributed by atoms with Crippen molar-refractivity contribution < 1.29 is 9.66 Å². The lowest BCUT2D eigenvalue weighted by Crippen LogP contribution is -1.92. The molecule has 0 saturated heterocycles. The number of ether oxygens (including phenoxy) is 1. The molecule has 0 aromatic heterocycles. The third kappa shape index (κ3) is 2.47. The Labute approximate surface area is 84.2 Å². The summed E-state index contributed by atoms with van der Waals surface area (Å²) in [6.07, 6.45) is 0. The Hall–Kier alpha value is -1.00. The first-order valence-corrected chi connectivity index (χ1v) is 4.19. The number of hydrogen-bond acceptors (Lipinski definition) is 3. The van der Waals surface area contributed by atoms with Gasteiger partial charge >= 0.3 is 0 Å². The van der Waals surface area contributed by atoms with E-state index in [2.05, 4.69) is 0 Å². The fourth-order valence-electron chi connectivity index (χ4n) is 0.775. The largest absolute Gasteiger partial charge is 0.476 e. The highest BCUT2D eigenvalue weighted by Gasteiger charge is 2.09. The van der Waals surface area contributed by atoms with Crippen LogP contribution in [0.1, 0.15) is 0 Å². The predicted octanol–water partition coefficient (Wildman–Crippen LogP) is 2.82. The summed E-state index contributed by atoms with van der Waals surface area (Å²) in [5.41, 5.74) is -0.0792. The molecule has 0 amide bonds. The lowest BCUT2D eigenvalue weighted by Gasteiger charge is -2.02. The summed E-state index contributed by atoms with van der Waals surface area (Å²) in [5, 5.41) is 10.6. The second kappa shape index (κ2) is 4.30. The topological polar surface area (TPSA) is 52.4 Å². The highest BCUT2D eigenvalue weighted by molar-refractivity contribution is 6.32. The molecular weight excluding hydrogens is 217 g/mol. The van der Waals surface area contributed by atoms with E-state index in [0.29, 0.717) is 5.02 Å². The van der Waals surface area contributed by atoms with E-state index < -0.39 is 4.92 Å². The maximum Gasteiger partial charge on any atom is 0.273 e.